The molecule has 1 fully saturated rings. The Morgan fingerprint density at radius 3 is 2.50 bits per heavy atom. The minimum atomic E-state index is 0.347. The first-order valence-corrected chi connectivity index (χ1v) is 7.87. The van der Waals surface area contributed by atoms with Gasteiger partial charge in [-0.15, -0.1) is 0 Å². The lowest BCUT2D eigenvalue weighted by Gasteiger charge is -2.12. The van der Waals surface area contributed by atoms with E-state index in [4.69, 9.17) is 4.74 Å². The summed E-state index contributed by atoms with van der Waals surface area (Å²) in [5.74, 6) is 1.38. The number of rotatable bonds is 5. The minimum Gasteiger partial charge on any atom is -0.474 e. The van der Waals surface area contributed by atoms with Gasteiger partial charge in [0.05, 0.1) is 0 Å². The summed E-state index contributed by atoms with van der Waals surface area (Å²) in [6.45, 7) is 4.59. The van der Waals surface area contributed by atoms with Crippen LogP contribution in [0.1, 0.15) is 42.6 Å². The van der Waals surface area contributed by atoms with Gasteiger partial charge in [-0.3, -0.25) is 0 Å². The molecule has 1 N–H and O–H groups in total. The summed E-state index contributed by atoms with van der Waals surface area (Å²) in [6, 6.07) is 5.94. The highest BCUT2D eigenvalue weighted by Gasteiger charge is 2.16. The van der Waals surface area contributed by atoms with Gasteiger partial charge >= 0.3 is 0 Å². The van der Waals surface area contributed by atoms with E-state index in [1.54, 1.807) is 0 Å². The highest BCUT2D eigenvalue weighted by Crippen LogP contribution is 2.22. The van der Waals surface area contributed by atoms with Gasteiger partial charge in [0.15, 0.2) is 0 Å². The number of hydrogen-bond donors (Lipinski definition) is 1. The molecule has 116 valence electrons. The zero-order valence-corrected chi connectivity index (χ0v) is 13.2. The first kappa shape index (κ1) is 14.8. The van der Waals surface area contributed by atoms with Crippen LogP contribution in [0.5, 0.6) is 5.88 Å². The van der Waals surface area contributed by atoms with Crippen LogP contribution in [0.4, 0.5) is 5.95 Å². The molecule has 2 aromatic heterocycles. The molecule has 1 aliphatic rings. The van der Waals surface area contributed by atoms with Crippen molar-refractivity contribution in [3.05, 3.63) is 41.3 Å². The molecule has 0 radical (unpaired) electrons. The summed E-state index contributed by atoms with van der Waals surface area (Å²) < 4.78 is 5.87. The highest BCUT2D eigenvalue weighted by atomic mass is 16.5. The standard InChI is InChI=1S/C17H22N4O/c1-12-9-13(2)21-17(20-12)19-11-14-7-8-16(18-10-14)22-15-5-3-4-6-15/h7-10,15H,3-6,11H2,1-2H3,(H,19,20,21). The molecule has 0 atom stereocenters. The molecule has 0 amide bonds. The molecule has 5 heteroatoms. The molecule has 0 bridgehead atoms. The topological polar surface area (TPSA) is 59.9 Å². The van der Waals surface area contributed by atoms with E-state index in [0.717, 1.165) is 35.7 Å². The lowest BCUT2D eigenvalue weighted by molar-refractivity contribution is 0.201. The number of aryl methyl sites for hydroxylation is 2. The van der Waals surface area contributed by atoms with Crippen molar-refractivity contribution in [2.45, 2.75) is 52.2 Å². The summed E-state index contributed by atoms with van der Waals surface area (Å²) in [6.07, 6.45) is 7.02. The number of hydrogen-bond acceptors (Lipinski definition) is 5. The van der Waals surface area contributed by atoms with E-state index in [1.165, 1.54) is 12.8 Å². The molecule has 0 unspecified atom stereocenters. The fourth-order valence-corrected chi connectivity index (χ4v) is 2.75. The van der Waals surface area contributed by atoms with E-state index in [-0.39, 0.29) is 0 Å². The van der Waals surface area contributed by atoms with Crippen LogP contribution in [-0.2, 0) is 6.54 Å². The van der Waals surface area contributed by atoms with Gasteiger partial charge in [-0.05, 0) is 51.2 Å². The lowest BCUT2D eigenvalue weighted by Crippen LogP contribution is -2.12. The van der Waals surface area contributed by atoms with Crippen molar-refractivity contribution in [1.29, 1.82) is 0 Å². The maximum atomic E-state index is 5.87. The molecule has 22 heavy (non-hydrogen) atoms. The predicted molar refractivity (Wildman–Crippen MR) is 86.0 cm³/mol. The molecular weight excluding hydrogens is 276 g/mol. The average Bonchev–Trinajstić information content (AvgIpc) is 2.98. The fourth-order valence-electron chi connectivity index (χ4n) is 2.75. The molecule has 5 nitrogen and oxygen atoms in total. The second-order valence-corrected chi connectivity index (χ2v) is 5.86. The molecule has 0 saturated heterocycles. The van der Waals surface area contributed by atoms with Crippen molar-refractivity contribution < 1.29 is 4.74 Å². The zero-order chi connectivity index (χ0) is 15.4. The molecule has 3 rings (SSSR count). The van der Waals surface area contributed by atoms with Gasteiger partial charge in [0.2, 0.25) is 11.8 Å². The third-order valence-corrected chi connectivity index (χ3v) is 3.82. The molecule has 0 aliphatic heterocycles. The van der Waals surface area contributed by atoms with Crippen molar-refractivity contribution in [3.63, 3.8) is 0 Å². The highest BCUT2D eigenvalue weighted by molar-refractivity contribution is 5.30. The Kier molecular flexibility index (Phi) is 4.51. The molecule has 1 saturated carbocycles. The van der Waals surface area contributed by atoms with Crippen LogP contribution in [-0.4, -0.2) is 21.1 Å². The van der Waals surface area contributed by atoms with Crippen molar-refractivity contribution in [1.82, 2.24) is 15.0 Å². The Labute approximate surface area is 131 Å². The van der Waals surface area contributed by atoms with Gasteiger partial charge in [-0.25, -0.2) is 15.0 Å². The van der Waals surface area contributed by atoms with Crippen LogP contribution in [0, 0.1) is 13.8 Å². The Bertz CT molecular complexity index is 601. The molecule has 0 aromatic carbocycles. The third-order valence-electron chi connectivity index (χ3n) is 3.82. The molecule has 1 aliphatic carbocycles. The Morgan fingerprint density at radius 2 is 1.86 bits per heavy atom. The number of nitrogens with zero attached hydrogens (tertiary/aromatic N) is 3. The first-order valence-electron chi connectivity index (χ1n) is 7.87. The van der Waals surface area contributed by atoms with Gasteiger partial charge in [0.1, 0.15) is 6.10 Å². The molecular formula is C17H22N4O. The quantitative estimate of drug-likeness (QED) is 0.916. The Balaban J connectivity index is 1.56. The minimum absolute atomic E-state index is 0.347. The van der Waals surface area contributed by atoms with E-state index in [0.29, 0.717) is 18.6 Å². The number of nitrogens with one attached hydrogen (secondary N) is 1. The monoisotopic (exact) mass is 298 g/mol. The van der Waals surface area contributed by atoms with E-state index < -0.39 is 0 Å². The molecule has 2 heterocycles. The number of aromatic nitrogens is 3. The maximum Gasteiger partial charge on any atom is 0.223 e. The first-order chi connectivity index (χ1) is 10.7. The van der Waals surface area contributed by atoms with Crippen molar-refractivity contribution >= 4 is 5.95 Å². The normalized spacial score (nSPS) is 15.0. The smallest absolute Gasteiger partial charge is 0.223 e. The second-order valence-electron chi connectivity index (χ2n) is 5.86. The summed E-state index contributed by atoms with van der Waals surface area (Å²) in [5.41, 5.74) is 3.02. The summed E-state index contributed by atoms with van der Waals surface area (Å²) in [4.78, 5) is 13.1. The van der Waals surface area contributed by atoms with Gasteiger partial charge in [-0.2, -0.15) is 0 Å². The average molecular weight is 298 g/mol. The van der Waals surface area contributed by atoms with E-state index in [9.17, 15) is 0 Å². The summed E-state index contributed by atoms with van der Waals surface area (Å²) in [7, 11) is 0. The van der Waals surface area contributed by atoms with Crippen LogP contribution < -0.4 is 10.1 Å². The van der Waals surface area contributed by atoms with Gasteiger partial charge < -0.3 is 10.1 Å². The SMILES string of the molecule is Cc1cc(C)nc(NCc2ccc(OC3CCCC3)nc2)n1. The van der Waals surface area contributed by atoms with Crippen LogP contribution in [0.25, 0.3) is 0 Å². The van der Waals surface area contributed by atoms with Crippen molar-refractivity contribution in [2.75, 3.05) is 5.32 Å². The van der Waals surface area contributed by atoms with Crippen molar-refractivity contribution in [3.8, 4) is 5.88 Å². The molecule has 2 aromatic rings. The molecule has 0 spiro atoms. The van der Waals surface area contributed by atoms with Gasteiger partial charge in [0, 0.05) is 30.2 Å². The van der Waals surface area contributed by atoms with E-state index in [2.05, 4.69) is 20.3 Å². The van der Waals surface area contributed by atoms with Crippen LogP contribution in [0.3, 0.4) is 0 Å². The number of anilines is 1. The Hall–Kier alpha value is -2.17. The third kappa shape index (κ3) is 3.93. The van der Waals surface area contributed by atoms with E-state index in [1.807, 2.05) is 38.2 Å². The summed E-state index contributed by atoms with van der Waals surface area (Å²) >= 11 is 0. The van der Waals surface area contributed by atoms with Gasteiger partial charge in [0.25, 0.3) is 0 Å². The van der Waals surface area contributed by atoms with Gasteiger partial charge in [-0.1, -0.05) is 6.07 Å². The van der Waals surface area contributed by atoms with Crippen LogP contribution >= 0.6 is 0 Å². The predicted octanol–water partition coefficient (Wildman–Crippen LogP) is 3.42. The van der Waals surface area contributed by atoms with E-state index >= 15 is 0 Å². The van der Waals surface area contributed by atoms with Crippen molar-refractivity contribution in [2.24, 2.45) is 0 Å². The Morgan fingerprint density at radius 1 is 1.14 bits per heavy atom. The summed E-state index contributed by atoms with van der Waals surface area (Å²) in [5, 5.41) is 3.23. The largest absolute Gasteiger partial charge is 0.474 e. The number of ether oxygens (including phenoxy) is 1. The fraction of sp³-hybridized carbons (Fsp3) is 0.471. The zero-order valence-electron chi connectivity index (χ0n) is 13.2. The van der Waals surface area contributed by atoms with Crippen LogP contribution in [0.15, 0.2) is 24.4 Å². The second kappa shape index (κ2) is 6.73. The number of pyridine rings is 1. The maximum absolute atomic E-state index is 5.87. The lowest BCUT2D eigenvalue weighted by atomic mass is 10.3. The van der Waals surface area contributed by atoms with Crippen LogP contribution in [0.2, 0.25) is 0 Å².